The number of rotatable bonds is 5. The SMILES string of the molecule is CC(C)(C)CC(=O)Nc1cnn(Cc2nc(-c3ccc4nc[nH]c(=O)c4c3)no2)c1. The minimum absolute atomic E-state index is 0.0668. The Balaban J connectivity index is 1.47. The molecule has 30 heavy (non-hydrogen) atoms. The number of nitrogens with one attached hydrogen (secondary N) is 2. The molecule has 0 saturated carbocycles. The van der Waals surface area contributed by atoms with Crippen LogP contribution in [0.3, 0.4) is 0 Å². The first kappa shape index (κ1) is 19.5. The largest absolute Gasteiger partial charge is 0.337 e. The quantitative estimate of drug-likeness (QED) is 0.520. The van der Waals surface area contributed by atoms with Crippen LogP contribution in [-0.4, -0.2) is 35.8 Å². The van der Waals surface area contributed by atoms with E-state index in [0.717, 1.165) is 0 Å². The van der Waals surface area contributed by atoms with E-state index in [1.54, 1.807) is 35.3 Å². The van der Waals surface area contributed by atoms with E-state index in [1.807, 2.05) is 20.8 Å². The predicted molar refractivity (Wildman–Crippen MR) is 110 cm³/mol. The fourth-order valence-electron chi connectivity index (χ4n) is 2.98. The molecule has 0 aliphatic heterocycles. The number of hydrogen-bond acceptors (Lipinski definition) is 7. The number of carbonyl (C=O) groups excluding carboxylic acids is 1. The molecule has 0 atom stereocenters. The van der Waals surface area contributed by atoms with Gasteiger partial charge in [0.2, 0.25) is 17.6 Å². The molecule has 0 aliphatic carbocycles. The number of hydrogen-bond donors (Lipinski definition) is 2. The second-order valence-corrected chi connectivity index (χ2v) is 8.19. The Morgan fingerprint density at radius 2 is 2.13 bits per heavy atom. The molecule has 3 aromatic heterocycles. The van der Waals surface area contributed by atoms with Crippen molar-refractivity contribution in [3.8, 4) is 11.4 Å². The van der Waals surface area contributed by atoms with Gasteiger partial charge in [0.15, 0.2) is 0 Å². The van der Waals surface area contributed by atoms with Gasteiger partial charge in [0.05, 0.1) is 29.1 Å². The van der Waals surface area contributed by atoms with Crippen molar-refractivity contribution < 1.29 is 9.32 Å². The van der Waals surface area contributed by atoms with Crippen molar-refractivity contribution in [2.45, 2.75) is 33.7 Å². The van der Waals surface area contributed by atoms with E-state index < -0.39 is 0 Å². The molecule has 10 heteroatoms. The number of carbonyl (C=O) groups is 1. The molecule has 1 amide bonds. The molecule has 0 aliphatic rings. The fraction of sp³-hybridized carbons (Fsp3) is 0.300. The minimum Gasteiger partial charge on any atom is -0.337 e. The van der Waals surface area contributed by atoms with Crippen molar-refractivity contribution in [3.63, 3.8) is 0 Å². The molecule has 154 valence electrons. The average molecular weight is 407 g/mol. The van der Waals surface area contributed by atoms with Crippen LogP contribution in [0.4, 0.5) is 5.69 Å². The van der Waals surface area contributed by atoms with Crippen LogP contribution in [0.15, 0.2) is 46.2 Å². The van der Waals surface area contributed by atoms with Crippen molar-refractivity contribution in [2.24, 2.45) is 5.41 Å². The normalized spacial score (nSPS) is 11.7. The fourth-order valence-corrected chi connectivity index (χ4v) is 2.98. The van der Waals surface area contributed by atoms with Crippen LogP contribution in [0, 0.1) is 5.41 Å². The summed E-state index contributed by atoms with van der Waals surface area (Å²) in [7, 11) is 0. The molecule has 1 aromatic carbocycles. The Morgan fingerprint density at radius 1 is 1.30 bits per heavy atom. The van der Waals surface area contributed by atoms with Gasteiger partial charge in [-0.05, 0) is 23.6 Å². The first-order valence-corrected chi connectivity index (χ1v) is 9.39. The first-order chi connectivity index (χ1) is 14.3. The summed E-state index contributed by atoms with van der Waals surface area (Å²) in [4.78, 5) is 35.1. The van der Waals surface area contributed by atoms with Crippen LogP contribution in [0.5, 0.6) is 0 Å². The molecule has 0 bridgehead atoms. The van der Waals surface area contributed by atoms with Crippen LogP contribution in [0.1, 0.15) is 33.1 Å². The molecule has 4 rings (SSSR count). The Morgan fingerprint density at radius 3 is 2.93 bits per heavy atom. The summed E-state index contributed by atoms with van der Waals surface area (Å²) < 4.78 is 6.91. The third-order valence-electron chi connectivity index (χ3n) is 4.27. The topological polar surface area (TPSA) is 132 Å². The van der Waals surface area contributed by atoms with Gasteiger partial charge in [0.25, 0.3) is 5.56 Å². The maximum absolute atomic E-state index is 12.1. The van der Waals surface area contributed by atoms with Gasteiger partial charge in [-0.15, -0.1) is 0 Å². The smallest absolute Gasteiger partial charge is 0.258 e. The number of fused-ring (bicyclic) bond motifs is 1. The van der Waals surface area contributed by atoms with Crippen LogP contribution < -0.4 is 10.9 Å². The van der Waals surface area contributed by atoms with Gasteiger partial charge in [0, 0.05) is 18.2 Å². The Hall–Kier alpha value is -3.82. The molecular weight excluding hydrogens is 386 g/mol. The highest BCUT2D eigenvalue weighted by molar-refractivity contribution is 5.90. The zero-order chi connectivity index (χ0) is 21.3. The summed E-state index contributed by atoms with van der Waals surface area (Å²) in [5, 5.41) is 11.5. The summed E-state index contributed by atoms with van der Waals surface area (Å²) in [6.07, 6.45) is 5.04. The third-order valence-corrected chi connectivity index (χ3v) is 4.27. The molecule has 0 fully saturated rings. The third kappa shape index (κ3) is 4.43. The molecule has 0 saturated heterocycles. The van der Waals surface area contributed by atoms with Crippen LogP contribution in [0.25, 0.3) is 22.3 Å². The maximum atomic E-state index is 12.1. The predicted octanol–water partition coefficient (Wildman–Crippen LogP) is 2.59. The van der Waals surface area contributed by atoms with E-state index in [4.69, 9.17) is 4.52 Å². The highest BCUT2D eigenvalue weighted by atomic mass is 16.5. The average Bonchev–Trinajstić information content (AvgIpc) is 3.30. The van der Waals surface area contributed by atoms with Crippen molar-refractivity contribution in [3.05, 3.63) is 53.2 Å². The van der Waals surface area contributed by atoms with Gasteiger partial charge in [-0.25, -0.2) is 4.98 Å². The first-order valence-electron chi connectivity index (χ1n) is 9.39. The van der Waals surface area contributed by atoms with E-state index in [2.05, 4.69) is 30.5 Å². The number of benzene rings is 1. The van der Waals surface area contributed by atoms with Crippen molar-refractivity contribution in [2.75, 3.05) is 5.32 Å². The minimum atomic E-state index is -0.233. The van der Waals surface area contributed by atoms with E-state index in [1.165, 1.54) is 6.33 Å². The summed E-state index contributed by atoms with van der Waals surface area (Å²) in [6.45, 7) is 6.26. The molecular formula is C20H21N7O3. The molecule has 2 N–H and O–H groups in total. The molecule has 0 radical (unpaired) electrons. The zero-order valence-corrected chi connectivity index (χ0v) is 16.8. The Kier molecular flexibility index (Phi) is 4.90. The lowest BCUT2D eigenvalue weighted by atomic mass is 9.92. The maximum Gasteiger partial charge on any atom is 0.258 e. The number of amides is 1. The lowest BCUT2D eigenvalue weighted by molar-refractivity contribution is -0.117. The van der Waals surface area contributed by atoms with Crippen molar-refractivity contribution >= 4 is 22.5 Å². The summed E-state index contributed by atoms with van der Waals surface area (Å²) in [5.41, 5.74) is 1.51. The zero-order valence-electron chi connectivity index (χ0n) is 16.8. The van der Waals surface area contributed by atoms with Crippen LogP contribution >= 0.6 is 0 Å². The lowest BCUT2D eigenvalue weighted by Gasteiger charge is -2.16. The molecule has 0 unspecified atom stereocenters. The Bertz CT molecular complexity index is 1260. The van der Waals surface area contributed by atoms with Gasteiger partial charge >= 0.3 is 0 Å². The molecule has 10 nitrogen and oxygen atoms in total. The highest BCUT2D eigenvalue weighted by Crippen LogP contribution is 2.21. The summed E-state index contributed by atoms with van der Waals surface area (Å²) >= 11 is 0. The standard InChI is InChI=1S/C20H21N7O3/c1-20(2,3)7-16(28)24-13-8-23-27(9-13)10-17-25-18(26-30-17)12-4-5-15-14(6-12)19(29)22-11-21-15/h4-6,8-9,11H,7,10H2,1-3H3,(H,24,28)(H,21,22,29). The van der Waals surface area contributed by atoms with Crippen LogP contribution in [0.2, 0.25) is 0 Å². The monoisotopic (exact) mass is 407 g/mol. The second-order valence-electron chi connectivity index (χ2n) is 8.19. The van der Waals surface area contributed by atoms with Gasteiger partial charge in [-0.3, -0.25) is 14.3 Å². The second kappa shape index (κ2) is 7.54. The van der Waals surface area contributed by atoms with E-state index >= 15 is 0 Å². The number of aromatic amines is 1. The number of nitrogens with zero attached hydrogens (tertiary/aromatic N) is 5. The Labute approximate surface area is 171 Å². The van der Waals surface area contributed by atoms with Crippen molar-refractivity contribution in [1.82, 2.24) is 29.9 Å². The van der Waals surface area contributed by atoms with Gasteiger partial charge in [-0.2, -0.15) is 10.1 Å². The molecule has 3 heterocycles. The summed E-state index contributed by atoms with van der Waals surface area (Å²) in [5.74, 6) is 0.643. The number of aromatic nitrogens is 6. The van der Waals surface area contributed by atoms with E-state index in [-0.39, 0.29) is 23.4 Å². The van der Waals surface area contributed by atoms with E-state index in [9.17, 15) is 9.59 Å². The molecule has 4 aromatic rings. The molecule has 0 spiro atoms. The van der Waals surface area contributed by atoms with Gasteiger partial charge < -0.3 is 14.8 Å². The number of anilines is 1. The number of H-pyrrole nitrogens is 1. The van der Waals surface area contributed by atoms with Gasteiger partial charge in [-0.1, -0.05) is 25.9 Å². The van der Waals surface area contributed by atoms with Gasteiger partial charge in [0.1, 0.15) is 6.54 Å². The van der Waals surface area contributed by atoms with Crippen LogP contribution in [-0.2, 0) is 11.3 Å². The summed E-state index contributed by atoms with van der Waals surface area (Å²) in [6, 6.07) is 5.18. The highest BCUT2D eigenvalue weighted by Gasteiger charge is 2.17. The lowest BCUT2D eigenvalue weighted by Crippen LogP contribution is -2.19. The van der Waals surface area contributed by atoms with Crippen molar-refractivity contribution in [1.29, 1.82) is 0 Å². The van der Waals surface area contributed by atoms with E-state index in [0.29, 0.717) is 40.3 Å².